The maximum atomic E-state index is 12.7. The highest BCUT2D eigenvalue weighted by Crippen LogP contribution is 2.31. The minimum atomic E-state index is -0.339. The van der Waals surface area contributed by atoms with Gasteiger partial charge in [-0.05, 0) is 73.7 Å². The number of carbonyl (C=O) groups excluding carboxylic acids is 1. The number of aromatic nitrogens is 3. The van der Waals surface area contributed by atoms with Crippen LogP contribution < -0.4 is 4.74 Å². The average molecular weight is 482 g/mol. The van der Waals surface area contributed by atoms with E-state index in [1.165, 1.54) is 30.0 Å². The van der Waals surface area contributed by atoms with Crippen LogP contribution >= 0.6 is 23.4 Å². The molecule has 0 aliphatic heterocycles. The molecule has 0 atom stereocenters. The van der Waals surface area contributed by atoms with Crippen molar-refractivity contribution in [1.29, 1.82) is 0 Å². The molecule has 2 N–H and O–H groups in total. The Hall–Kier alpha value is -3.49. The summed E-state index contributed by atoms with van der Waals surface area (Å²) in [5.74, 6) is 0.590. The molecule has 4 aromatic rings. The van der Waals surface area contributed by atoms with Crippen molar-refractivity contribution in [3.05, 3.63) is 77.3 Å². The highest BCUT2D eigenvalue weighted by Gasteiger charge is 2.18. The van der Waals surface area contributed by atoms with E-state index in [1.807, 2.05) is 47.9 Å². The molecule has 1 heterocycles. The number of aromatic hydroxyl groups is 2. The van der Waals surface area contributed by atoms with E-state index in [2.05, 4.69) is 10.2 Å². The summed E-state index contributed by atoms with van der Waals surface area (Å²) in [5.41, 5.74) is 1.93. The van der Waals surface area contributed by atoms with Crippen molar-refractivity contribution in [2.75, 3.05) is 12.4 Å². The van der Waals surface area contributed by atoms with Gasteiger partial charge in [0.1, 0.15) is 5.75 Å². The topological polar surface area (TPSA) is 97.5 Å². The van der Waals surface area contributed by atoms with Gasteiger partial charge < -0.3 is 14.9 Å². The van der Waals surface area contributed by atoms with E-state index in [9.17, 15) is 15.0 Å². The van der Waals surface area contributed by atoms with Crippen LogP contribution in [0.25, 0.3) is 17.1 Å². The zero-order valence-electron chi connectivity index (χ0n) is 17.6. The van der Waals surface area contributed by atoms with Crippen molar-refractivity contribution >= 4 is 29.1 Å². The molecule has 168 valence electrons. The van der Waals surface area contributed by atoms with Crippen LogP contribution in [0.5, 0.6) is 17.2 Å². The van der Waals surface area contributed by atoms with Gasteiger partial charge in [0.15, 0.2) is 28.3 Å². The molecular weight excluding hydrogens is 462 g/mol. The van der Waals surface area contributed by atoms with Gasteiger partial charge in [-0.15, -0.1) is 10.2 Å². The van der Waals surface area contributed by atoms with Crippen LogP contribution in [-0.2, 0) is 0 Å². The first-order valence-electron chi connectivity index (χ1n) is 10.1. The lowest BCUT2D eigenvalue weighted by Gasteiger charge is -2.11. The Morgan fingerprint density at radius 1 is 1.00 bits per heavy atom. The summed E-state index contributed by atoms with van der Waals surface area (Å²) in [4.78, 5) is 12.7. The molecule has 0 saturated heterocycles. The predicted molar refractivity (Wildman–Crippen MR) is 128 cm³/mol. The molecular formula is C24H20ClN3O4S. The largest absolute Gasteiger partial charge is 0.504 e. The van der Waals surface area contributed by atoms with Gasteiger partial charge in [0, 0.05) is 21.8 Å². The summed E-state index contributed by atoms with van der Waals surface area (Å²) in [5, 5.41) is 29.0. The number of hydrogen-bond acceptors (Lipinski definition) is 7. The summed E-state index contributed by atoms with van der Waals surface area (Å²) in [6, 6.07) is 18.8. The number of phenols is 2. The standard InChI is InChI=1S/C24H20ClN3O4S/c1-2-32-19-10-8-18(9-11-19)28-23(15-3-6-17(25)7-4-15)26-27-24(28)33-14-22(31)16-5-12-20(29)21(30)13-16/h3-13,29-30H,2,14H2,1H3. The fourth-order valence-corrected chi connectivity index (χ4v) is 4.12. The zero-order chi connectivity index (χ0) is 23.4. The van der Waals surface area contributed by atoms with E-state index in [0.29, 0.717) is 28.2 Å². The van der Waals surface area contributed by atoms with Crippen LogP contribution in [0.3, 0.4) is 0 Å². The van der Waals surface area contributed by atoms with Crippen molar-refractivity contribution in [2.45, 2.75) is 12.1 Å². The summed E-state index contributed by atoms with van der Waals surface area (Å²) < 4.78 is 7.41. The monoisotopic (exact) mass is 481 g/mol. The third-order valence-corrected chi connectivity index (χ3v) is 5.95. The number of carbonyl (C=O) groups is 1. The number of rotatable bonds is 8. The van der Waals surface area contributed by atoms with E-state index in [-0.39, 0.29) is 23.0 Å². The third-order valence-electron chi connectivity index (χ3n) is 4.77. The lowest BCUT2D eigenvalue weighted by atomic mass is 10.1. The Labute approximate surface area is 199 Å². The number of halogens is 1. The second kappa shape index (κ2) is 9.97. The molecule has 3 aromatic carbocycles. The van der Waals surface area contributed by atoms with Crippen LogP contribution in [0.15, 0.2) is 71.9 Å². The van der Waals surface area contributed by atoms with Crippen molar-refractivity contribution in [3.63, 3.8) is 0 Å². The maximum Gasteiger partial charge on any atom is 0.196 e. The SMILES string of the molecule is CCOc1ccc(-n2c(SCC(=O)c3ccc(O)c(O)c3)nnc2-c2ccc(Cl)cc2)cc1. The minimum absolute atomic E-state index is 0.0694. The third kappa shape index (κ3) is 5.13. The molecule has 0 unspecified atom stereocenters. The lowest BCUT2D eigenvalue weighted by molar-refractivity contribution is 0.102. The number of ketones is 1. The summed E-state index contributed by atoms with van der Waals surface area (Å²) in [7, 11) is 0. The Bertz CT molecular complexity index is 1270. The number of ether oxygens (including phenoxy) is 1. The summed E-state index contributed by atoms with van der Waals surface area (Å²) in [6.45, 7) is 2.49. The quantitative estimate of drug-likeness (QED) is 0.198. The van der Waals surface area contributed by atoms with E-state index >= 15 is 0 Å². The number of thioether (sulfide) groups is 1. The summed E-state index contributed by atoms with van der Waals surface area (Å²) in [6.07, 6.45) is 0. The van der Waals surface area contributed by atoms with Crippen molar-refractivity contribution in [1.82, 2.24) is 14.8 Å². The molecule has 0 spiro atoms. The van der Waals surface area contributed by atoms with Gasteiger partial charge >= 0.3 is 0 Å². The number of hydrogen-bond donors (Lipinski definition) is 2. The highest BCUT2D eigenvalue weighted by atomic mass is 35.5. The Morgan fingerprint density at radius 3 is 2.39 bits per heavy atom. The molecule has 4 rings (SSSR count). The molecule has 0 aliphatic rings. The Morgan fingerprint density at radius 2 is 1.73 bits per heavy atom. The molecule has 9 heteroatoms. The Kier molecular flexibility index (Phi) is 6.86. The van der Waals surface area contributed by atoms with Crippen molar-refractivity contribution < 1.29 is 19.7 Å². The lowest BCUT2D eigenvalue weighted by Crippen LogP contribution is -2.05. The average Bonchev–Trinajstić information content (AvgIpc) is 3.24. The second-order valence-electron chi connectivity index (χ2n) is 6.99. The van der Waals surface area contributed by atoms with E-state index in [0.717, 1.165) is 17.0 Å². The number of nitrogens with zero attached hydrogens (tertiary/aromatic N) is 3. The van der Waals surface area contributed by atoms with Gasteiger partial charge in [0.25, 0.3) is 0 Å². The normalized spacial score (nSPS) is 10.8. The van der Waals surface area contributed by atoms with E-state index in [1.54, 1.807) is 12.1 Å². The van der Waals surface area contributed by atoms with Crippen LogP contribution in [0, 0.1) is 0 Å². The van der Waals surface area contributed by atoms with Crippen molar-refractivity contribution in [3.8, 4) is 34.3 Å². The number of Topliss-reactive ketones (excluding diaryl/α,β-unsaturated/α-hetero) is 1. The van der Waals surface area contributed by atoms with Gasteiger partial charge in [-0.3, -0.25) is 9.36 Å². The molecule has 0 fully saturated rings. The molecule has 0 saturated carbocycles. The smallest absolute Gasteiger partial charge is 0.196 e. The number of phenolic OH excluding ortho intramolecular Hbond substituents is 2. The predicted octanol–water partition coefficient (Wildman–Crippen LogP) is 5.37. The fourth-order valence-electron chi connectivity index (χ4n) is 3.15. The molecule has 33 heavy (non-hydrogen) atoms. The molecule has 0 bridgehead atoms. The van der Waals surface area contributed by atoms with Gasteiger partial charge in [-0.2, -0.15) is 0 Å². The van der Waals surface area contributed by atoms with E-state index < -0.39 is 0 Å². The second-order valence-corrected chi connectivity index (χ2v) is 8.37. The highest BCUT2D eigenvalue weighted by molar-refractivity contribution is 7.99. The van der Waals surface area contributed by atoms with Gasteiger partial charge in [0.05, 0.1) is 12.4 Å². The van der Waals surface area contributed by atoms with Gasteiger partial charge in [-0.25, -0.2) is 0 Å². The molecule has 0 aliphatic carbocycles. The number of benzene rings is 3. The molecule has 0 radical (unpaired) electrons. The van der Waals surface area contributed by atoms with Gasteiger partial charge in [-0.1, -0.05) is 23.4 Å². The first-order valence-corrected chi connectivity index (χ1v) is 11.4. The Balaban J connectivity index is 1.66. The first-order chi connectivity index (χ1) is 16.0. The molecule has 0 amide bonds. The maximum absolute atomic E-state index is 12.7. The van der Waals surface area contributed by atoms with Crippen LogP contribution in [-0.4, -0.2) is 43.1 Å². The zero-order valence-corrected chi connectivity index (χ0v) is 19.2. The van der Waals surface area contributed by atoms with Gasteiger partial charge in [0.2, 0.25) is 0 Å². The summed E-state index contributed by atoms with van der Waals surface area (Å²) >= 11 is 7.27. The van der Waals surface area contributed by atoms with Crippen molar-refractivity contribution in [2.24, 2.45) is 0 Å². The van der Waals surface area contributed by atoms with Crippen LogP contribution in [0.1, 0.15) is 17.3 Å². The fraction of sp³-hybridized carbons (Fsp3) is 0.125. The molecule has 1 aromatic heterocycles. The minimum Gasteiger partial charge on any atom is -0.504 e. The molecule has 7 nitrogen and oxygen atoms in total. The van der Waals surface area contributed by atoms with Crippen LogP contribution in [0.2, 0.25) is 5.02 Å². The van der Waals surface area contributed by atoms with Crippen LogP contribution in [0.4, 0.5) is 0 Å². The van der Waals surface area contributed by atoms with E-state index in [4.69, 9.17) is 16.3 Å². The first kappa shape index (κ1) is 22.7.